The fraction of sp³-hybridized carbons (Fsp3) is 0.227. The number of hydrogen-bond acceptors (Lipinski definition) is 6. The third kappa shape index (κ3) is 5.26. The Hall–Kier alpha value is -3.82. The van der Waals surface area contributed by atoms with E-state index in [1.807, 2.05) is 6.92 Å². The van der Waals surface area contributed by atoms with E-state index in [0.29, 0.717) is 17.9 Å². The van der Waals surface area contributed by atoms with E-state index in [2.05, 4.69) is 5.10 Å². The van der Waals surface area contributed by atoms with Crippen LogP contribution in [0.5, 0.6) is 11.5 Å². The Balaban J connectivity index is 1.73. The highest BCUT2D eigenvalue weighted by molar-refractivity contribution is 5.99. The monoisotopic (exact) mass is 448 g/mol. The number of rotatable bonds is 8. The molecule has 1 heterocycles. The molecule has 0 aliphatic heterocycles. The van der Waals surface area contributed by atoms with Gasteiger partial charge >= 0.3 is 12.1 Å². The predicted octanol–water partition coefficient (Wildman–Crippen LogP) is 4.34. The number of Topliss-reactive ketones (excluding diaryl/α,β-unsaturated/α-hetero) is 1. The van der Waals surface area contributed by atoms with Crippen molar-refractivity contribution < 1.29 is 37.0 Å². The largest absolute Gasteiger partial charge is 0.494 e. The van der Waals surface area contributed by atoms with Gasteiger partial charge in [-0.25, -0.2) is 9.48 Å². The molecule has 0 spiro atoms. The van der Waals surface area contributed by atoms with Crippen molar-refractivity contribution in [2.24, 2.45) is 0 Å². The van der Waals surface area contributed by atoms with E-state index >= 15 is 0 Å². The SMILES string of the molecule is CCOc1ccc(C(=O)COC(=O)c2nn(-c3cccc(C(F)(F)F)c3)cc2OC)cc1. The highest BCUT2D eigenvalue weighted by Gasteiger charge is 2.31. The number of carbonyl (C=O) groups excluding carboxylic acids is 2. The van der Waals surface area contributed by atoms with E-state index in [-0.39, 0.29) is 17.1 Å². The summed E-state index contributed by atoms with van der Waals surface area (Å²) in [6.45, 7) is 1.77. The van der Waals surface area contributed by atoms with Gasteiger partial charge in [-0.15, -0.1) is 0 Å². The first-order valence-corrected chi connectivity index (χ1v) is 9.47. The summed E-state index contributed by atoms with van der Waals surface area (Å²) in [5.41, 5.74) is -0.746. The smallest absolute Gasteiger partial charge is 0.416 e. The van der Waals surface area contributed by atoms with Gasteiger partial charge in [-0.2, -0.15) is 18.3 Å². The summed E-state index contributed by atoms with van der Waals surface area (Å²) >= 11 is 0. The van der Waals surface area contributed by atoms with Gasteiger partial charge in [-0.1, -0.05) is 6.07 Å². The number of benzene rings is 2. The van der Waals surface area contributed by atoms with Crippen molar-refractivity contribution in [2.45, 2.75) is 13.1 Å². The van der Waals surface area contributed by atoms with Crippen molar-refractivity contribution >= 4 is 11.8 Å². The molecule has 0 N–H and O–H groups in total. The number of ketones is 1. The summed E-state index contributed by atoms with van der Waals surface area (Å²) in [6, 6.07) is 10.8. The van der Waals surface area contributed by atoms with Crippen LogP contribution in [-0.2, 0) is 10.9 Å². The number of hydrogen-bond donors (Lipinski definition) is 0. The van der Waals surface area contributed by atoms with Crippen LogP contribution in [0.2, 0.25) is 0 Å². The highest BCUT2D eigenvalue weighted by Crippen LogP contribution is 2.31. The van der Waals surface area contributed by atoms with Crippen molar-refractivity contribution in [2.75, 3.05) is 20.3 Å². The summed E-state index contributed by atoms with van der Waals surface area (Å²) < 4.78 is 55.4. The Morgan fingerprint density at radius 3 is 2.44 bits per heavy atom. The zero-order chi connectivity index (χ0) is 23.3. The Bertz CT molecular complexity index is 1110. The van der Waals surface area contributed by atoms with Gasteiger partial charge in [-0.05, 0) is 49.4 Å². The van der Waals surface area contributed by atoms with Crippen molar-refractivity contribution in [3.8, 4) is 17.2 Å². The van der Waals surface area contributed by atoms with Crippen molar-refractivity contribution in [3.63, 3.8) is 0 Å². The van der Waals surface area contributed by atoms with Crippen LogP contribution < -0.4 is 9.47 Å². The third-order valence-corrected chi connectivity index (χ3v) is 4.35. The highest BCUT2D eigenvalue weighted by atomic mass is 19.4. The maximum Gasteiger partial charge on any atom is 0.416 e. The van der Waals surface area contributed by atoms with Crippen LogP contribution in [0.4, 0.5) is 13.2 Å². The van der Waals surface area contributed by atoms with E-state index in [4.69, 9.17) is 14.2 Å². The maximum absolute atomic E-state index is 13.0. The molecular formula is C22H19F3N2O5. The van der Waals surface area contributed by atoms with Gasteiger partial charge in [-0.3, -0.25) is 4.79 Å². The maximum atomic E-state index is 13.0. The Morgan fingerprint density at radius 2 is 1.81 bits per heavy atom. The van der Waals surface area contributed by atoms with Crippen molar-refractivity contribution in [1.82, 2.24) is 9.78 Å². The van der Waals surface area contributed by atoms with Crippen molar-refractivity contribution in [3.05, 3.63) is 71.5 Å². The number of carbonyl (C=O) groups is 2. The molecule has 0 saturated carbocycles. The van der Waals surface area contributed by atoms with E-state index in [1.165, 1.54) is 25.4 Å². The van der Waals surface area contributed by atoms with Crippen LogP contribution in [0.25, 0.3) is 5.69 Å². The molecule has 2 aromatic carbocycles. The molecule has 10 heteroatoms. The lowest BCUT2D eigenvalue weighted by molar-refractivity contribution is -0.137. The van der Waals surface area contributed by atoms with E-state index < -0.39 is 30.1 Å². The Labute approximate surface area is 181 Å². The molecule has 0 unspecified atom stereocenters. The molecule has 0 atom stereocenters. The molecule has 0 radical (unpaired) electrons. The first-order chi connectivity index (χ1) is 15.2. The molecule has 0 saturated heterocycles. The lowest BCUT2D eigenvalue weighted by Gasteiger charge is -2.08. The third-order valence-electron chi connectivity index (χ3n) is 4.35. The Kier molecular flexibility index (Phi) is 6.82. The molecule has 3 aromatic rings. The minimum atomic E-state index is -4.53. The minimum Gasteiger partial charge on any atom is -0.494 e. The topological polar surface area (TPSA) is 79.7 Å². The molecule has 32 heavy (non-hydrogen) atoms. The van der Waals surface area contributed by atoms with E-state index in [0.717, 1.165) is 16.8 Å². The predicted molar refractivity (Wildman–Crippen MR) is 107 cm³/mol. The number of ether oxygens (including phenoxy) is 3. The van der Waals surface area contributed by atoms with Gasteiger partial charge < -0.3 is 14.2 Å². The van der Waals surface area contributed by atoms with Crippen LogP contribution >= 0.6 is 0 Å². The quantitative estimate of drug-likeness (QED) is 0.377. The molecule has 168 valence electrons. The summed E-state index contributed by atoms with van der Waals surface area (Å²) in [5, 5.41) is 3.98. The molecule has 1 aromatic heterocycles. The average molecular weight is 448 g/mol. The number of methoxy groups -OCH3 is 1. The van der Waals surface area contributed by atoms with Crippen LogP contribution in [0.3, 0.4) is 0 Å². The number of halogens is 3. The lowest BCUT2D eigenvalue weighted by atomic mass is 10.1. The second-order valence-corrected chi connectivity index (χ2v) is 6.50. The van der Waals surface area contributed by atoms with Gasteiger partial charge in [0.1, 0.15) is 5.75 Å². The van der Waals surface area contributed by atoms with Gasteiger partial charge in [0.2, 0.25) is 5.69 Å². The zero-order valence-corrected chi connectivity index (χ0v) is 17.2. The second kappa shape index (κ2) is 9.54. The van der Waals surface area contributed by atoms with Gasteiger partial charge in [0, 0.05) is 5.56 Å². The molecule has 0 amide bonds. The van der Waals surface area contributed by atoms with Gasteiger partial charge in [0.05, 0.1) is 31.2 Å². The van der Waals surface area contributed by atoms with Gasteiger partial charge in [0.15, 0.2) is 18.1 Å². The van der Waals surface area contributed by atoms with Crippen LogP contribution in [-0.4, -0.2) is 41.9 Å². The van der Waals surface area contributed by atoms with E-state index in [9.17, 15) is 22.8 Å². The lowest BCUT2D eigenvalue weighted by Crippen LogP contribution is -2.15. The molecule has 0 bridgehead atoms. The summed E-state index contributed by atoms with van der Waals surface area (Å²) in [5.74, 6) is -0.809. The normalized spacial score (nSPS) is 11.2. The number of alkyl halides is 3. The first kappa shape index (κ1) is 22.9. The summed E-state index contributed by atoms with van der Waals surface area (Å²) in [4.78, 5) is 24.7. The fourth-order valence-electron chi connectivity index (χ4n) is 2.79. The molecule has 7 nitrogen and oxygen atoms in total. The number of esters is 1. The zero-order valence-electron chi connectivity index (χ0n) is 17.2. The fourth-order valence-corrected chi connectivity index (χ4v) is 2.79. The van der Waals surface area contributed by atoms with Crippen molar-refractivity contribution in [1.29, 1.82) is 0 Å². The number of aromatic nitrogens is 2. The average Bonchev–Trinajstić information content (AvgIpc) is 3.22. The van der Waals surface area contributed by atoms with Crippen LogP contribution in [0.15, 0.2) is 54.7 Å². The van der Waals surface area contributed by atoms with E-state index in [1.54, 1.807) is 24.3 Å². The Morgan fingerprint density at radius 1 is 1.09 bits per heavy atom. The second-order valence-electron chi connectivity index (χ2n) is 6.50. The molecular weight excluding hydrogens is 429 g/mol. The van der Waals surface area contributed by atoms with Crippen LogP contribution in [0, 0.1) is 0 Å². The number of nitrogens with zero attached hydrogens (tertiary/aromatic N) is 2. The standard InChI is InChI=1S/C22H19F3N2O5/c1-3-31-17-9-7-14(8-10-17)18(28)13-32-21(29)20-19(30-2)12-27(26-20)16-6-4-5-15(11-16)22(23,24)25/h4-12H,3,13H2,1-2H3. The molecule has 3 rings (SSSR count). The summed E-state index contributed by atoms with van der Waals surface area (Å²) in [7, 11) is 1.27. The minimum absolute atomic E-state index is 0.0130. The molecule has 0 aliphatic carbocycles. The molecule has 0 aliphatic rings. The molecule has 0 fully saturated rings. The summed E-state index contributed by atoms with van der Waals surface area (Å²) in [6.07, 6.45) is -3.28. The van der Waals surface area contributed by atoms with Gasteiger partial charge in [0.25, 0.3) is 0 Å². The first-order valence-electron chi connectivity index (χ1n) is 9.47. The van der Waals surface area contributed by atoms with Crippen LogP contribution in [0.1, 0.15) is 33.3 Å².